The second kappa shape index (κ2) is 9.65. The van der Waals surface area contributed by atoms with Gasteiger partial charge in [-0.1, -0.05) is 42.5 Å². The number of carbonyl (C=O) groups is 2. The highest BCUT2D eigenvalue weighted by atomic mass is 16.5. The van der Waals surface area contributed by atoms with Crippen LogP contribution >= 0.6 is 0 Å². The number of aryl methyl sites for hydroxylation is 2. The van der Waals surface area contributed by atoms with E-state index in [0.29, 0.717) is 17.2 Å². The fraction of sp³-hybridized carbons (Fsp3) is 0.217. The van der Waals surface area contributed by atoms with E-state index in [2.05, 4.69) is 15.3 Å². The average Bonchev–Trinajstić information content (AvgIpc) is 2.75. The maximum Gasteiger partial charge on any atom is 0.326 e. The molecular formula is C23H24N4O3. The molecule has 0 saturated carbocycles. The normalized spacial score (nSPS) is 11.4. The summed E-state index contributed by atoms with van der Waals surface area (Å²) in [5.41, 5.74) is 3.22. The lowest BCUT2D eigenvalue weighted by molar-refractivity contribution is -0.153. The Hall–Kier alpha value is -3.74. The van der Waals surface area contributed by atoms with Crippen molar-refractivity contribution in [2.24, 2.45) is 0 Å². The molecule has 0 saturated heterocycles. The number of esters is 1. The first-order valence-corrected chi connectivity index (χ1v) is 9.55. The average molecular weight is 404 g/mol. The molecule has 7 heteroatoms. The summed E-state index contributed by atoms with van der Waals surface area (Å²) in [5, 5.41) is 2.89. The first-order chi connectivity index (χ1) is 14.4. The summed E-state index contributed by atoms with van der Waals surface area (Å²) in [6.45, 7) is 3.77. The summed E-state index contributed by atoms with van der Waals surface area (Å²) in [4.78, 5) is 35.4. The molecule has 7 nitrogen and oxygen atoms in total. The first kappa shape index (κ1) is 21.0. The number of anilines is 2. The third kappa shape index (κ3) is 5.41. The minimum atomic E-state index is -1.08. The van der Waals surface area contributed by atoms with Crippen molar-refractivity contribution in [3.8, 4) is 0 Å². The van der Waals surface area contributed by atoms with Gasteiger partial charge >= 0.3 is 5.97 Å². The van der Waals surface area contributed by atoms with Crippen LogP contribution in [-0.2, 0) is 14.3 Å². The van der Waals surface area contributed by atoms with Crippen molar-refractivity contribution >= 4 is 23.5 Å². The van der Waals surface area contributed by atoms with E-state index in [1.807, 2.05) is 38.1 Å². The number of likely N-dealkylation sites (N-methyl/N-ethyl adjacent to an activating group) is 1. The van der Waals surface area contributed by atoms with Crippen LogP contribution in [0.15, 0.2) is 67.0 Å². The largest absolute Gasteiger partial charge is 0.446 e. The predicted octanol–water partition coefficient (Wildman–Crippen LogP) is 3.45. The number of hydrogen-bond acceptors (Lipinski definition) is 6. The topological polar surface area (TPSA) is 84.4 Å². The molecule has 2 aromatic carbocycles. The Morgan fingerprint density at radius 3 is 2.43 bits per heavy atom. The summed E-state index contributed by atoms with van der Waals surface area (Å²) >= 11 is 0. The maximum absolute atomic E-state index is 13.0. The van der Waals surface area contributed by atoms with Crippen molar-refractivity contribution < 1.29 is 14.3 Å². The quantitative estimate of drug-likeness (QED) is 0.607. The third-order valence-corrected chi connectivity index (χ3v) is 4.50. The third-order valence-electron chi connectivity index (χ3n) is 4.50. The van der Waals surface area contributed by atoms with Crippen LogP contribution in [0.5, 0.6) is 0 Å². The lowest BCUT2D eigenvalue weighted by Gasteiger charge is -2.21. The molecule has 0 spiro atoms. The smallest absolute Gasteiger partial charge is 0.326 e. The zero-order chi connectivity index (χ0) is 21.5. The van der Waals surface area contributed by atoms with Gasteiger partial charge in [0.15, 0.2) is 0 Å². The molecule has 30 heavy (non-hydrogen) atoms. The van der Waals surface area contributed by atoms with Crippen LogP contribution in [0.4, 0.5) is 11.6 Å². The molecule has 1 atom stereocenters. The number of carbonyl (C=O) groups excluding carboxylic acids is 2. The van der Waals surface area contributed by atoms with E-state index >= 15 is 0 Å². The fourth-order valence-electron chi connectivity index (χ4n) is 2.89. The van der Waals surface area contributed by atoms with Gasteiger partial charge in [0.05, 0.1) is 0 Å². The van der Waals surface area contributed by atoms with Crippen molar-refractivity contribution in [3.63, 3.8) is 0 Å². The monoisotopic (exact) mass is 404 g/mol. The molecule has 0 unspecified atom stereocenters. The van der Waals surface area contributed by atoms with Gasteiger partial charge in [-0.25, -0.2) is 9.97 Å². The first-order valence-electron chi connectivity index (χ1n) is 9.55. The number of nitrogens with zero attached hydrogens (tertiary/aromatic N) is 3. The van der Waals surface area contributed by atoms with Crippen LogP contribution in [0, 0.1) is 13.8 Å². The van der Waals surface area contributed by atoms with Crippen LogP contribution < -0.4 is 10.2 Å². The van der Waals surface area contributed by atoms with Gasteiger partial charge in [-0.05, 0) is 37.1 Å². The Morgan fingerprint density at radius 1 is 1.03 bits per heavy atom. The standard InChI is InChI=1S/C23H24N4O3/c1-16-10-11-17(2)19(14-16)26-22(29)21(18-8-5-4-6-9-18)30-20(28)15-27(3)23-24-12-7-13-25-23/h4-14,21H,15H2,1-3H3,(H,26,29)/t21-/m1/s1. The van der Waals surface area contributed by atoms with E-state index < -0.39 is 18.0 Å². The van der Waals surface area contributed by atoms with Crippen LogP contribution in [0.25, 0.3) is 0 Å². The number of benzene rings is 2. The Labute approximate surface area is 175 Å². The van der Waals surface area contributed by atoms with Crippen molar-refractivity contribution in [1.29, 1.82) is 0 Å². The zero-order valence-corrected chi connectivity index (χ0v) is 17.2. The van der Waals surface area contributed by atoms with Crippen LogP contribution in [-0.4, -0.2) is 35.4 Å². The Morgan fingerprint density at radius 2 is 1.73 bits per heavy atom. The highest BCUT2D eigenvalue weighted by Gasteiger charge is 2.26. The highest BCUT2D eigenvalue weighted by Crippen LogP contribution is 2.23. The molecule has 1 amide bonds. The number of ether oxygens (including phenoxy) is 1. The van der Waals surface area contributed by atoms with Gasteiger partial charge < -0.3 is 15.0 Å². The minimum Gasteiger partial charge on any atom is -0.446 e. The summed E-state index contributed by atoms with van der Waals surface area (Å²) in [6.07, 6.45) is 2.10. The number of amides is 1. The molecule has 3 rings (SSSR count). The second-order valence-electron chi connectivity index (χ2n) is 6.99. The van der Waals surface area contributed by atoms with E-state index in [0.717, 1.165) is 11.1 Å². The van der Waals surface area contributed by atoms with Crippen molar-refractivity contribution in [1.82, 2.24) is 9.97 Å². The minimum absolute atomic E-state index is 0.0932. The van der Waals surface area contributed by atoms with Gasteiger partial charge in [0, 0.05) is 30.7 Å². The molecule has 0 radical (unpaired) electrons. The SMILES string of the molecule is Cc1ccc(C)c(NC(=O)[C@H](OC(=O)CN(C)c2ncccn2)c2ccccc2)c1. The number of aromatic nitrogens is 2. The van der Waals surface area contributed by atoms with Gasteiger partial charge in [-0.15, -0.1) is 0 Å². The Balaban J connectivity index is 1.76. The van der Waals surface area contributed by atoms with E-state index in [4.69, 9.17) is 4.74 Å². The molecule has 0 fully saturated rings. The molecule has 0 aliphatic heterocycles. The van der Waals surface area contributed by atoms with Gasteiger partial charge in [-0.3, -0.25) is 9.59 Å². The molecule has 1 heterocycles. The predicted molar refractivity (Wildman–Crippen MR) is 115 cm³/mol. The van der Waals surface area contributed by atoms with E-state index in [9.17, 15) is 9.59 Å². The molecule has 1 aromatic heterocycles. The van der Waals surface area contributed by atoms with E-state index in [1.54, 1.807) is 54.7 Å². The van der Waals surface area contributed by atoms with E-state index in [-0.39, 0.29) is 6.54 Å². The number of nitrogens with one attached hydrogen (secondary N) is 1. The summed E-state index contributed by atoms with van der Waals surface area (Å²) in [5.74, 6) is -0.581. The Bertz CT molecular complexity index is 1010. The molecule has 3 aromatic rings. The van der Waals surface area contributed by atoms with Gasteiger partial charge in [0.25, 0.3) is 5.91 Å². The number of hydrogen-bond donors (Lipinski definition) is 1. The summed E-state index contributed by atoms with van der Waals surface area (Å²) < 4.78 is 5.58. The van der Waals surface area contributed by atoms with E-state index in [1.165, 1.54) is 0 Å². The Kier molecular flexibility index (Phi) is 6.75. The molecular weight excluding hydrogens is 380 g/mol. The maximum atomic E-state index is 13.0. The fourth-order valence-corrected chi connectivity index (χ4v) is 2.89. The molecule has 0 aliphatic carbocycles. The second-order valence-corrected chi connectivity index (χ2v) is 6.99. The lowest BCUT2D eigenvalue weighted by Crippen LogP contribution is -2.32. The van der Waals surface area contributed by atoms with Crippen molar-refractivity contribution in [3.05, 3.63) is 83.7 Å². The van der Waals surface area contributed by atoms with Crippen molar-refractivity contribution in [2.45, 2.75) is 20.0 Å². The molecule has 154 valence electrons. The molecule has 1 N–H and O–H groups in total. The van der Waals surface area contributed by atoms with Crippen LogP contribution in [0.3, 0.4) is 0 Å². The highest BCUT2D eigenvalue weighted by molar-refractivity contribution is 5.96. The van der Waals surface area contributed by atoms with Crippen molar-refractivity contribution in [2.75, 3.05) is 23.8 Å². The van der Waals surface area contributed by atoms with Gasteiger partial charge in [-0.2, -0.15) is 0 Å². The summed E-state index contributed by atoms with van der Waals surface area (Å²) in [7, 11) is 1.68. The summed E-state index contributed by atoms with van der Waals surface area (Å²) in [6, 6.07) is 16.4. The van der Waals surface area contributed by atoms with Gasteiger partial charge in [0.1, 0.15) is 6.54 Å². The van der Waals surface area contributed by atoms with Crippen LogP contribution in [0.2, 0.25) is 0 Å². The zero-order valence-electron chi connectivity index (χ0n) is 17.2. The van der Waals surface area contributed by atoms with Gasteiger partial charge in [0.2, 0.25) is 12.1 Å². The van der Waals surface area contributed by atoms with Crippen LogP contribution in [0.1, 0.15) is 22.8 Å². The number of rotatable bonds is 7. The lowest BCUT2D eigenvalue weighted by atomic mass is 10.1. The molecule has 0 bridgehead atoms. The molecule has 0 aliphatic rings.